The first-order chi connectivity index (χ1) is 14.5. The summed E-state index contributed by atoms with van der Waals surface area (Å²) in [5.41, 5.74) is 2.44. The van der Waals surface area contributed by atoms with Gasteiger partial charge in [-0.05, 0) is 29.2 Å². The molecule has 1 atom stereocenters. The molecule has 0 unspecified atom stereocenters. The van der Waals surface area contributed by atoms with Crippen molar-refractivity contribution in [3.8, 4) is 0 Å². The van der Waals surface area contributed by atoms with Crippen LogP contribution in [0.2, 0.25) is 0 Å². The minimum absolute atomic E-state index is 0.0640. The van der Waals surface area contributed by atoms with Crippen molar-refractivity contribution in [3.63, 3.8) is 0 Å². The molecule has 30 heavy (non-hydrogen) atoms. The molecule has 4 rings (SSSR count). The summed E-state index contributed by atoms with van der Waals surface area (Å²) in [5.74, 6) is -0.899. The number of hydrogen-bond acceptors (Lipinski definition) is 4. The van der Waals surface area contributed by atoms with Crippen LogP contribution in [0.25, 0.3) is 5.76 Å². The second-order valence-corrected chi connectivity index (χ2v) is 7.54. The van der Waals surface area contributed by atoms with Crippen LogP contribution in [0.1, 0.15) is 42.5 Å². The zero-order valence-corrected chi connectivity index (χ0v) is 16.8. The number of benzene rings is 2. The second kappa shape index (κ2) is 7.95. The van der Waals surface area contributed by atoms with Crippen molar-refractivity contribution in [1.82, 2.24) is 4.98 Å². The molecule has 3 aromatic rings. The Morgan fingerprint density at radius 3 is 2.20 bits per heavy atom. The molecule has 5 heteroatoms. The van der Waals surface area contributed by atoms with E-state index in [0.717, 1.165) is 11.1 Å². The number of rotatable bonds is 4. The second-order valence-electron chi connectivity index (χ2n) is 7.54. The predicted molar refractivity (Wildman–Crippen MR) is 116 cm³/mol. The summed E-state index contributed by atoms with van der Waals surface area (Å²) in [6, 6.07) is 21.0. The summed E-state index contributed by atoms with van der Waals surface area (Å²) in [4.78, 5) is 31.7. The van der Waals surface area contributed by atoms with E-state index in [1.165, 1.54) is 4.90 Å². The van der Waals surface area contributed by atoms with Gasteiger partial charge in [-0.1, -0.05) is 74.5 Å². The molecule has 2 heterocycles. The number of amides is 1. The van der Waals surface area contributed by atoms with E-state index in [1.807, 2.05) is 30.3 Å². The highest BCUT2D eigenvalue weighted by Gasteiger charge is 2.47. The first-order valence-electron chi connectivity index (χ1n) is 9.86. The monoisotopic (exact) mass is 398 g/mol. The molecule has 1 N–H and O–H groups in total. The third kappa shape index (κ3) is 3.39. The van der Waals surface area contributed by atoms with Crippen molar-refractivity contribution < 1.29 is 14.7 Å². The van der Waals surface area contributed by atoms with Gasteiger partial charge in [-0.25, -0.2) is 4.98 Å². The molecule has 1 fully saturated rings. The minimum atomic E-state index is -0.763. The summed E-state index contributed by atoms with van der Waals surface area (Å²) < 4.78 is 0. The SMILES string of the molecule is CC(C)c1ccc([C@H]2C(=C(O)c3ccccc3)C(=O)C(=O)N2c2ccccn2)cc1. The van der Waals surface area contributed by atoms with Crippen molar-refractivity contribution in [1.29, 1.82) is 0 Å². The first kappa shape index (κ1) is 19.6. The van der Waals surface area contributed by atoms with Crippen molar-refractivity contribution >= 4 is 23.3 Å². The zero-order chi connectivity index (χ0) is 21.3. The van der Waals surface area contributed by atoms with Crippen LogP contribution in [0.5, 0.6) is 0 Å². The molecule has 1 saturated heterocycles. The van der Waals surface area contributed by atoms with Gasteiger partial charge in [-0.15, -0.1) is 0 Å². The lowest BCUT2D eigenvalue weighted by Crippen LogP contribution is -2.30. The Balaban J connectivity index is 1.92. The maximum Gasteiger partial charge on any atom is 0.301 e. The fraction of sp³-hybridized carbons (Fsp3) is 0.160. The van der Waals surface area contributed by atoms with E-state index >= 15 is 0 Å². The fourth-order valence-electron chi connectivity index (χ4n) is 3.70. The topological polar surface area (TPSA) is 70.5 Å². The number of aromatic nitrogens is 1. The lowest BCUT2D eigenvalue weighted by atomic mass is 9.93. The quantitative estimate of drug-likeness (QED) is 0.388. The Labute approximate surface area is 175 Å². The van der Waals surface area contributed by atoms with Gasteiger partial charge in [0, 0.05) is 11.8 Å². The van der Waals surface area contributed by atoms with E-state index in [4.69, 9.17) is 0 Å². The molecule has 0 aliphatic carbocycles. The summed E-state index contributed by atoms with van der Waals surface area (Å²) >= 11 is 0. The van der Waals surface area contributed by atoms with Gasteiger partial charge in [0.1, 0.15) is 11.6 Å². The Bertz CT molecular complexity index is 1100. The molecular formula is C25H22N2O3. The van der Waals surface area contributed by atoms with Crippen molar-refractivity contribution in [2.75, 3.05) is 4.90 Å². The van der Waals surface area contributed by atoms with Gasteiger partial charge in [-0.3, -0.25) is 14.5 Å². The largest absolute Gasteiger partial charge is 0.507 e. The van der Waals surface area contributed by atoms with Crippen LogP contribution >= 0.6 is 0 Å². The molecular weight excluding hydrogens is 376 g/mol. The number of carbonyl (C=O) groups excluding carboxylic acids is 2. The summed E-state index contributed by atoms with van der Waals surface area (Å²) in [6.07, 6.45) is 1.57. The average molecular weight is 398 g/mol. The summed E-state index contributed by atoms with van der Waals surface area (Å²) in [7, 11) is 0. The van der Waals surface area contributed by atoms with E-state index in [0.29, 0.717) is 17.3 Å². The number of nitrogens with zero attached hydrogens (tertiary/aromatic N) is 2. The molecule has 0 spiro atoms. The Kier molecular flexibility index (Phi) is 5.19. The van der Waals surface area contributed by atoms with Gasteiger partial charge in [0.05, 0.1) is 11.6 Å². The van der Waals surface area contributed by atoms with Crippen LogP contribution in [-0.2, 0) is 9.59 Å². The van der Waals surface area contributed by atoms with E-state index < -0.39 is 17.7 Å². The van der Waals surface area contributed by atoms with Gasteiger partial charge < -0.3 is 5.11 Å². The van der Waals surface area contributed by atoms with Gasteiger partial charge >= 0.3 is 5.91 Å². The minimum Gasteiger partial charge on any atom is -0.507 e. The Morgan fingerprint density at radius 1 is 0.933 bits per heavy atom. The van der Waals surface area contributed by atoms with Crippen LogP contribution in [0, 0.1) is 0 Å². The molecule has 2 aromatic carbocycles. The number of aliphatic hydroxyl groups is 1. The lowest BCUT2D eigenvalue weighted by molar-refractivity contribution is -0.132. The van der Waals surface area contributed by atoms with Crippen LogP contribution in [0.15, 0.2) is 84.6 Å². The summed E-state index contributed by atoms with van der Waals surface area (Å²) in [5, 5.41) is 11.0. The molecule has 1 aromatic heterocycles. The highest BCUT2D eigenvalue weighted by Crippen LogP contribution is 2.41. The van der Waals surface area contributed by atoms with Crippen molar-refractivity contribution in [2.45, 2.75) is 25.8 Å². The first-order valence-corrected chi connectivity index (χ1v) is 9.86. The molecule has 0 saturated carbocycles. The predicted octanol–water partition coefficient (Wildman–Crippen LogP) is 4.83. The number of ketones is 1. The van der Waals surface area contributed by atoms with Crippen molar-refractivity contribution in [3.05, 3.63) is 101 Å². The average Bonchev–Trinajstić information content (AvgIpc) is 3.05. The maximum absolute atomic E-state index is 13.0. The highest BCUT2D eigenvalue weighted by molar-refractivity contribution is 6.51. The van der Waals surface area contributed by atoms with Crippen LogP contribution in [-0.4, -0.2) is 21.8 Å². The van der Waals surface area contributed by atoms with E-state index in [-0.39, 0.29) is 11.3 Å². The van der Waals surface area contributed by atoms with Gasteiger partial charge in [0.15, 0.2) is 0 Å². The number of anilines is 1. The lowest BCUT2D eigenvalue weighted by Gasteiger charge is -2.24. The smallest absolute Gasteiger partial charge is 0.301 e. The maximum atomic E-state index is 13.0. The molecule has 0 bridgehead atoms. The number of hydrogen-bond donors (Lipinski definition) is 1. The van der Waals surface area contributed by atoms with E-state index in [1.54, 1.807) is 48.7 Å². The highest BCUT2D eigenvalue weighted by atomic mass is 16.3. The fourth-order valence-corrected chi connectivity index (χ4v) is 3.70. The van der Waals surface area contributed by atoms with E-state index in [9.17, 15) is 14.7 Å². The van der Waals surface area contributed by atoms with Gasteiger partial charge in [0.25, 0.3) is 5.78 Å². The van der Waals surface area contributed by atoms with Crippen LogP contribution in [0.4, 0.5) is 5.82 Å². The van der Waals surface area contributed by atoms with E-state index in [2.05, 4.69) is 18.8 Å². The molecule has 150 valence electrons. The Hall–Kier alpha value is -3.73. The molecule has 1 aliphatic rings. The third-order valence-corrected chi connectivity index (χ3v) is 5.31. The van der Waals surface area contributed by atoms with Crippen molar-refractivity contribution in [2.24, 2.45) is 0 Å². The van der Waals surface area contributed by atoms with Crippen LogP contribution < -0.4 is 4.90 Å². The molecule has 5 nitrogen and oxygen atoms in total. The standard InChI is InChI=1S/C25H22N2O3/c1-16(2)17-11-13-18(14-12-17)22-21(23(28)19-8-4-3-5-9-19)24(29)25(30)27(22)20-10-6-7-15-26-20/h3-16,22,28H,1-2H3/t22-/m0/s1. The normalized spacial score (nSPS) is 18.2. The number of carbonyl (C=O) groups is 2. The number of pyridine rings is 1. The summed E-state index contributed by atoms with van der Waals surface area (Å²) in [6.45, 7) is 4.20. The van der Waals surface area contributed by atoms with Gasteiger partial charge in [-0.2, -0.15) is 0 Å². The van der Waals surface area contributed by atoms with Gasteiger partial charge in [0.2, 0.25) is 0 Å². The van der Waals surface area contributed by atoms with Crippen LogP contribution in [0.3, 0.4) is 0 Å². The Morgan fingerprint density at radius 2 is 1.60 bits per heavy atom. The third-order valence-electron chi connectivity index (χ3n) is 5.31. The molecule has 0 radical (unpaired) electrons. The molecule has 1 aliphatic heterocycles. The zero-order valence-electron chi connectivity index (χ0n) is 16.8. The number of Topliss-reactive ketones (excluding diaryl/α,β-unsaturated/α-hetero) is 1. The number of aliphatic hydroxyl groups excluding tert-OH is 1. The molecule has 1 amide bonds.